The van der Waals surface area contributed by atoms with Crippen molar-refractivity contribution in [2.45, 2.75) is 58.7 Å². The highest BCUT2D eigenvalue weighted by Gasteiger charge is 2.40. The van der Waals surface area contributed by atoms with Crippen LogP contribution in [0.3, 0.4) is 0 Å². The zero-order chi connectivity index (χ0) is 34.7. The van der Waals surface area contributed by atoms with Gasteiger partial charge < -0.3 is 34.9 Å². The van der Waals surface area contributed by atoms with Crippen molar-refractivity contribution in [3.63, 3.8) is 0 Å². The second-order valence-corrected chi connectivity index (χ2v) is 13.4. The van der Waals surface area contributed by atoms with Crippen LogP contribution in [0.25, 0.3) is 0 Å². The molecule has 0 fully saturated rings. The smallest absolute Gasteiger partial charge is 0.322 e. The van der Waals surface area contributed by atoms with Crippen molar-refractivity contribution < 1.29 is 33.7 Å². The Morgan fingerprint density at radius 3 is 2.46 bits per heavy atom. The molecule has 10 nitrogen and oxygen atoms in total. The first-order valence-electron chi connectivity index (χ1n) is 16.3. The fourth-order valence-electron chi connectivity index (χ4n) is 5.64. The molecule has 1 aliphatic heterocycles. The van der Waals surface area contributed by atoms with Gasteiger partial charge in [-0.1, -0.05) is 74.8 Å². The van der Waals surface area contributed by atoms with Gasteiger partial charge in [0.05, 0.1) is 20.1 Å². The minimum Gasteiger partial charge on any atom is -0.492 e. The number of carbonyl (C=O) groups is 3. The number of ether oxygens (including phenoxy) is 3. The third-order valence-corrected chi connectivity index (χ3v) is 7.99. The van der Waals surface area contributed by atoms with Crippen LogP contribution in [-0.2, 0) is 25.5 Å². The molecule has 0 spiro atoms. The van der Waals surface area contributed by atoms with Gasteiger partial charge in [0, 0.05) is 28.4 Å². The molecule has 0 saturated heterocycles. The first-order valence-corrected chi connectivity index (χ1v) is 16.6. The summed E-state index contributed by atoms with van der Waals surface area (Å²) in [5.41, 5.74) is 2.85. The fourth-order valence-corrected chi connectivity index (χ4v) is 5.82. The Kier molecular flexibility index (Phi) is 13.3. The van der Waals surface area contributed by atoms with Crippen LogP contribution in [-0.4, -0.2) is 68.9 Å². The van der Waals surface area contributed by atoms with Gasteiger partial charge in [-0.3, -0.25) is 14.4 Å². The van der Waals surface area contributed by atoms with Gasteiger partial charge in [0.1, 0.15) is 18.8 Å². The number of methoxy groups -OCH3 is 1. The number of aliphatic carboxylic acids is 1. The Hall–Kier alpha value is -4.12. The number of nitrogens with zero attached hydrogens (tertiary/aromatic N) is 1. The number of anilines is 1. The molecule has 3 aromatic carbocycles. The van der Waals surface area contributed by atoms with Gasteiger partial charge >= 0.3 is 5.97 Å². The number of carboxylic acids is 1. The number of halogens is 1. The van der Waals surface area contributed by atoms with Crippen molar-refractivity contribution in [2.24, 2.45) is 5.41 Å². The van der Waals surface area contributed by atoms with E-state index in [1.807, 2.05) is 45.0 Å². The first-order chi connectivity index (χ1) is 23.0. The third kappa shape index (κ3) is 10.4. The monoisotopic (exact) mass is 679 g/mol. The second kappa shape index (κ2) is 17.3. The maximum Gasteiger partial charge on any atom is 0.322 e. The molecule has 11 heteroatoms. The Morgan fingerprint density at radius 1 is 1.00 bits per heavy atom. The minimum absolute atomic E-state index is 0.301. The lowest BCUT2D eigenvalue weighted by Gasteiger charge is -2.31. The van der Waals surface area contributed by atoms with Crippen LogP contribution in [0.1, 0.15) is 62.8 Å². The molecule has 3 aromatic rings. The average molecular weight is 680 g/mol. The molecule has 2 atom stereocenters. The van der Waals surface area contributed by atoms with E-state index in [2.05, 4.69) is 34.9 Å². The highest BCUT2D eigenvalue weighted by molar-refractivity contribution is 6.30. The van der Waals surface area contributed by atoms with Crippen molar-refractivity contribution in [1.29, 1.82) is 0 Å². The van der Waals surface area contributed by atoms with Crippen LogP contribution in [0.4, 0.5) is 5.69 Å². The van der Waals surface area contributed by atoms with Crippen LogP contribution >= 0.6 is 11.6 Å². The molecule has 0 aliphatic carbocycles. The van der Waals surface area contributed by atoms with Crippen molar-refractivity contribution in [3.05, 3.63) is 88.4 Å². The molecule has 2 amide bonds. The summed E-state index contributed by atoms with van der Waals surface area (Å²) in [5.74, 6) is -1.26. The molecule has 0 saturated carbocycles. The van der Waals surface area contributed by atoms with Gasteiger partial charge in [-0.05, 0) is 67.6 Å². The highest BCUT2D eigenvalue weighted by Crippen LogP contribution is 2.45. The molecule has 0 radical (unpaired) electrons. The van der Waals surface area contributed by atoms with Gasteiger partial charge in [-0.2, -0.15) is 0 Å². The van der Waals surface area contributed by atoms with Crippen molar-refractivity contribution >= 4 is 35.1 Å². The average Bonchev–Trinajstić information content (AvgIpc) is 3.15. The Bertz CT molecular complexity index is 1540. The quantitative estimate of drug-likeness (QED) is 0.162. The molecule has 2 unspecified atom stereocenters. The molecule has 1 aliphatic rings. The topological polar surface area (TPSA) is 126 Å². The van der Waals surface area contributed by atoms with E-state index in [-0.39, 0.29) is 11.8 Å². The van der Waals surface area contributed by atoms with Crippen LogP contribution in [0.15, 0.2) is 66.7 Å². The van der Waals surface area contributed by atoms with Crippen molar-refractivity contribution in [3.8, 4) is 11.5 Å². The van der Waals surface area contributed by atoms with Gasteiger partial charge in [0.15, 0.2) is 11.5 Å². The van der Waals surface area contributed by atoms with Crippen LogP contribution in [0, 0.1) is 5.41 Å². The van der Waals surface area contributed by atoms with Crippen LogP contribution < -0.4 is 25.0 Å². The standard InChI is InChI=1S/C37H46ClN3O7/c1-37(2,3)24-41-29-17-16-26(38)21-28(29)34(48-31(36(41)45)22-32(42)40-23-33(43)44)27-14-8-15-30(35(27)46-4)47-20-10-19-39-18-9-13-25-11-6-5-7-12-25/h5-8,11-12,14-17,21,31,34,39H,9-10,13,18-20,22-24H2,1-4H3,(H,40,42)(H,43,44). The lowest BCUT2D eigenvalue weighted by atomic mass is 9.94. The summed E-state index contributed by atoms with van der Waals surface area (Å²) in [7, 11) is 1.55. The van der Waals surface area contributed by atoms with E-state index in [0.717, 1.165) is 32.4 Å². The maximum atomic E-state index is 14.1. The summed E-state index contributed by atoms with van der Waals surface area (Å²) in [5, 5.41) is 15.3. The summed E-state index contributed by atoms with van der Waals surface area (Å²) < 4.78 is 18.6. The number of hydrogen-bond donors (Lipinski definition) is 3. The lowest BCUT2D eigenvalue weighted by Crippen LogP contribution is -2.45. The Labute approximate surface area is 287 Å². The zero-order valence-electron chi connectivity index (χ0n) is 28.1. The number of para-hydroxylation sites is 1. The molecule has 258 valence electrons. The number of aryl methyl sites for hydroxylation is 1. The fraction of sp³-hybridized carbons (Fsp3) is 0.432. The number of fused-ring (bicyclic) bond motifs is 1. The van der Waals surface area contributed by atoms with E-state index >= 15 is 0 Å². The summed E-state index contributed by atoms with van der Waals surface area (Å²) in [6.45, 7) is 7.96. The number of benzene rings is 3. The third-order valence-electron chi connectivity index (χ3n) is 7.76. The molecule has 0 bridgehead atoms. The van der Waals surface area contributed by atoms with Crippen molar-refractivity contribution in [1.82, 2.24) is 10.6 Å². The van der Waals surface area contributed by atoms with E-state index in [1.54, 1.807) is 30.2 Å². The van der Waals surface area contributed by atoms with Crippen LogP contribution in [0.5, 0.6) is 11.5 Å². The van der Waals surface area contributed by atoms with Gasteiger partial charge in [0.2, 0.25) is 5.91 Å². The summed E-state index contributed by atoms with van der Waals surface area (Å²) >= 11 is 6.52. The molecule has 1 heterocycles. The Balaban J connectivity index is 1.55. The lowest BCUT2D eigenvalue weighted by molar-refractivity contribution is -0.140. The van der Waals surface area contributed by atoms with Crippen molar-refractivity contribution in [2.75, 3.05) is 44.8 Å². The van der Waals surface area contributed by atoms with Crippen LogP contribution in [0.2, 0.25) is 5.02 Å². The number of carbonyl (C=O) groups excluding carboxylic acids is 2. The van der Waals surface area contributed by atoms with Gasteiger partial charge in [-0.15, -0.1) is 0 Å². The first kappa shape index (κ1) is 36.7. The number of carboxylic acid groups (broad SMARTS) is 1. The molecular formula is C37H46ClN3O7. The van der Waals surface area contributed by atoms with E-state index in [9.17, 15) is 14.4 Å². The highest BCUT2D eigenvalue weighted by atomic mass is 35.5. The molecule has 48 heavy (non-hydrogen) atoms. The Morgan fingerprint density at radius 2 is 1.75 bits per heavy atom. The maximum absolute atomic E-state index is 14.1. The minimum atomic E-state index is -1.22. The molecule has 3 N–H and O–H groups in total. The largest absolute Gasteiger partial charge is 0.492 e. The van der Waals surface area contributed by atoms with E-state index in [0.29, 0.717) is 46.5 Å². The second-order valence-electron chi connectivity index (χ2n) is 13.0. The number of amides is 2. The zero-order valence-corrected chi connectivity index (χ0v) is 28.8. The number of hydrogen-bond acceptors (Lipinski definition) is 7. The summed E-state index contributed by atoms with van der Waals surface area (Å²) in [4.78, 5) is 39.6. The predicted molar refractivity (Wildman–Crippen MR) is 186 cm³/mol. The predicted octanol–water partition coefficient (Wildman–Crippen LogP) is 5.80. The van der Waals surface area contributed by atoms with E-state index in [4.69, 9.17) is 30.9 Å². The van der Waals surface area contributed by atoms with E-state index < -0.39 is 36.5 Å². The summed E-state index contributed by atoms with van der Waals surface area (Å²) in [6, 6.07) is 21.2. The van der Waals surface area contributed by atoms with E-state index in [1.165, 1.54) is 5.56 Å². The SMILES string of the molecule is COc1c(OCCCNCCCc2ccccc2)cccc1C1OC(CC(=O)NCC(=O)O)C(=O)N(CC(C)(C)C)c2ccc(Cl)cc21. The van der Waals surface area contributed by atoms with Gasteiger partial charge in [-0.25, -0.2) is 0 Å². The number of rotatable bonds is 16. The molecule has 0 aromatic heterocycles. The molecule has 4 rings (SSSR count). The van der Waals surface area contributed by atoms with Gasteiger partial charge in [0.25, 0.3) is 5.91 Å². The molecular weight excluding hydrogens is 634 g/mol. The number of nitrogens with one attached hydrogen (secondary N) is 2. The summed E-state index contributed by atoms with van der Waals surface area (Å²) in [6.07, 6.45) is 0.391. The normalized spacial score (nSPS) is 16.2.